The Hall–Kier alpha value is -3.87. The van der Waals surface area contributed by atoms with Gasteiger partial charge in [-0.05, 0) is 37.8 Å². The molecule has 1 fully saturated rings. The van der Waals surface area contributed by atoms with E-state index in [0.717, 1.165) is 42.8 Å². The molecule has 2 aromatic carbocycles. The second-order valence-electron chi connectivity index (χ2n) is 9.04. The van der Waals surface area contributed by atoms with Gasteiger partial charge in [0.1, 0.15) is 0 Å². The van der Waals surface area contributed by atoms with Gasteiger partial charge in [-0.1, -0.05) is 48.5 Å². The van der Waals surface area contributed by atoms with Crippen LogP contribution < -0.4 is 4.74 Å². The minimum Gasteiger partial charge on any atom is -0.481 e. The van der Waals surface area contributed by atoms with Crippen LogP contribution in [0.15, 0.2) is 66.7 Å². The van der Waals surface area contributed by atoms with Crippen LogP contribution in [0.25, 0.3) is 16.9 Å². The number of methoxy groups -OCH3 is 1. The molecule has 34 heavy (non-hydrogen) atoms. The van der Waals surface area contributed by atoms with Crippen molar-refractivity contribution in [3.8, 4) is 22.8 Å². The van der Waals surface area contributed by atoms with E-state index in [1.807, 2.05) is 53.0 Å². The minimum atomic E-state index is -0.0553. The van der Waals surface area contributed by atoms with Crippen LogP contribution in [-0.2, 0) is 13.5 Å². The molecule has 0 aliphatic carbocycles. The molecular weight excluding hydrogens is 426 g/mol. The number of carbonyl (C=O) groups is 1. The molecule has 2 bridgehead atoms. The molecule has 7 heteroatoms. The summed E-state index contributed by atoms with van der Waals surface area (Å²) in [5.41, 5.74) is 5.90. The molecule has 2 aliphatic rings. The molecule has 2 aromatic heterocycles. The average Bonchev–Trinajstić information content (AvgIpc) is 3.45. The molecule has 0 unspecified atom stereocenters. The monoisotopic (exact) mass is 453 g/mol. The van der Waals surface area contributed by atoms with E-state index in [1.165, 1.54) is 11.1 Å². The Morgan fingerprint density at radius 3 is 2.47 bits per heavy atom. The number of hydrogen-bond acceptors (Lipinski definition) is 4. The Kier molecular flexibility index (Phi) is 4.98. The summed E-state index contributed by atoms with van der Waals surface area (Å²) >= 11 is 0. The number of hydrogen-bond donors (Lipinski definition) is 0. The predicted octanol–water partition coefficient (Wildman–Crippen LogP) is 4.57. The normalized spacial score (nSPS) is 19.1. The number of aromatic nitrogens is 4. The van der Waals surface area contributed by atoms with Gasteiger partial charge in [-0.25, -0.2) is 4.68 Å². The lowest BCUT2D eigenvalue weighted by Crippen LogP contribution is -2.50. The number of amides is 1. The van der Waals surface area contributed by atoms with Crippen molar-refractivity contribution in [2.24, 2.45) is 7.05 Å². The topological polar surface area (TPSA) is 65.2 Å². The summed E-state index contributed by atoms with van der Waals surface area (Å²) in [6.45, 7) is 0. The molecular formula is C27H27N5O2. The molecule has 4 heterocycles. The standard InChI is InChI=1S/C27H27N5O2/c1-30-26(18-10-5-3-6-11-18)21-16-20-14-9-15-23(25(21)29-30)31(20)27(33)22-17-24(34-2)32(28-22)19-12-7-4-8-13-19/h3-8,10-13,17,20,23H,9,14-16H2,1-2H3/t20-,23+/m1/s1. The Morgan fingerprint density at radius 2 is 1.74 bits per heavy atom. The number of carbonyl (C=O) groups excluding carboxylic acids is 1. The second-order valence-corrected chi connectivity index (χ2v) is 9.04. The van der Waals surface area contributed by atoms with Crippen molar-refractivity contribution in [1.82, 2.24) is 24.5 Å². The van der Waals surface area contributed by atoms with Crippen LogP contribution in [-0.4, -0.2) is 43.5 Å². The number of para-hydroxylation sites is 1. The number of rotatable bonds is 4. The SMILES string of the molecule is COc1cc(C(=O)N2[C@@H]3CCC[C@H]2c2nn(C)c(-c4ccccc4)c2C3)nn1-c1ccccc1. The van der Waals surface area contributed by atoms with Gasteiger partial charge in [0.15, 0.2) is 5.69 Å². The average molecular weight is 454 g/mol. The lowest BCUT2D eigenvalue weighted by molar-refractivity contribution is 0.0385. The van der Waals surface area contributed by atoms with Crippen molar-refractivity contribution in [3.05, 3.63) is 83.7 Å². The number of piperidine rings is 1. The van der Waals surface area contributed by atoms with Crippen molar-refractivity contribution < 1.29 is 9.53 Å². The summed E-state index contributed by atoms with van der Waals surface area (Å²) in [6, 6.07) is 22.0. The minimum absolute atomic E-state index is 0.0356. The lowest BCUT2D eigenvalue weighted by atomic mass is 9.81. The van der Waals surface area contributed by atoms with E-state index in [-0.39, 0.29) is 18.0 Å². The molecule has 1 saturated heterocycles. The Balaban J connectivity index is 1.39. The molecule has 6 rings (SSSR count). The molecule has 7 nitrogen and oxygen atoms in total. The second kappa shape index (κ2) is 8.17. The fourth-order valence-electron chi connectivity index (χ4n) is 5.61. The molecule has 0 saturated carbocycles. The van der Waals surface area contributed by atoms with Crippen molar-refractivity contribution in [1.29, 1.82) is 0 Å². The van der Waals surface area contributed by atoms with Crippen LogP contribution >= 0.6 is 0 Å². The molecule has 2 aliphatic heterocycles. The van der Waals surface area contributed by atoms with E-state index < -0.39 is 0 Å². The number of benzene rings is 2. The first-order valence-electron chi connectivity index (χ1n) is 11.8. The zero-order valence-electron chi connectivity index (χ0n) is 19.4. The largest absolute Gasteiger partial charge is 0.481 e. The van der Waals surface area contributed by atoms with Gasteiger partial charge in [0.05, 0.1) is 30.2 Å². The zero-order chi connectivity index (χ0) is 23.2. The van der Waals surface area contributed by atoms with E-state index in [0.29, 0.717) is 11.6 Å². The van der Waals surface area contributed by atoms with Gasteiger partial charge in [-0.2, -0.15) is 10.2 Å². The maximum atomic E-state index is 13.9. The summed E-state index contributed by atoms with van der Waals surface area (Å²) in [6.07, 6.45) is 3.81. The maximum absolute atomic E-state index is 13.9. The van der Waals surface area contributed by atoms with Gasteiger partial charge in [0.25, 0.3) is 5.91 Å². The highest BCUT2D eigenvalue weighted by Crippen LogP contribution is 2.45. The summed E-state index contributed by atoms with van der Waals surface area (Å²) in [4.78, 5) is 15.9. The van der Waals surface area contributed by atoms with Crippen molar-refractivity contribution in [3.63, 3.8) is 0 Å². The Bertz CT molecular complexity index is 1340. The van der Waals surface area contributed by atoms with Crippen LogP contribution in [0.2, 0.25) is 0 Å². The van der Waals surface area contributed by atoms with Crippen LogP contribution in [0.1, 0.15) is 47.1 Å². The van der Waals surface area contributed by atoms with E-state index in [4.69, 9.17) is 9.84 Å². The van der Waals surface area contributed by atoms with E-state index in [1.54, 1.807) is 17.9 Å². The van der Waals surface area contributed by atoms with Crippen LogP contribution in [0.5, 0.6) is 5.88 Å². The van der Waals surface area contributed by atoms with Crippen molar-refractivity contribution in [2.45, 2.75) is 37.8 Å². The first kappa shape index (κ1) is 20.7. The van der Waals surface area contributed by atoms with Gasteiger partial charge in [0, 0.05) is 30.3 Å². The third-order valence-corrected chi connectivity index (χ3v) is 7.06. The lowest BCUT2D eigenvalue weighted by Gasteiger charge is -2.45. The molecule has 0 radical (unpaired) electrons. The number of aryl methyl sites for hydroxylation is 1. The van der Waals surface area contributed by atoms with E-state index in [2.05, 4.69) is 29.4 Å². The molecule has 172 valence electrons. The number of nitrogens with zero attached hydrogens (tertiary/aromatic N) is 5. The highest BCUT2D eigenvalue weighted by molar-refractivity contribution is 5.93. The summed E-state index contributed by atoms with van der Waals surface area (Å²) in [5.74, 6) is 0.488. The molecule has 4 aromatic rings. The van der Waals surface area contributed by atoms with Gasteiger partial charge < -0.3 is 9.64 Å². The van der Waals surface area contributed by atoms with E-state index in [9.17, 15) is 4.79 Å². The molecule has 1 amide bonds. The third kappa shape index (κ3) is 3.22. The predicted molar refractivity (Wildman–Crippen MR) is 129 cm³/mol. The van der Waals surface area contributed by atoms with Gasteiger partial charge in [-0.15, -0.1) is 0 Å². The van der Waals surface area contributed by atoms with Gasteiger partial charge in [0.2, 0.25) is 5.88 Å². The quantitative estimate of drug-likeness (QED) is 0.454. The van der Waals surface area contributed by atoms with Gasteiger partial charge in [-0.3, -0.25) is 9.48 Å². The van der Waals surface area contributed by atoms with Crippen molar-refractivity contribution in [2.75, 3.05) is 7.11 Å². The maximum Gasteiger partial charge on any atom is 0.275 e. The van der Waals surface area contributed by atoms with Crippen molar-refractivity contribution >= 4 is 5.91 Å². The van der Waals surface area contributed by atoms with E-state index >= 15 is 0 Å². The number of ether oxygens (including phenoxy) is 1. The zero-order valence-corrected chi connectivity index (χ0v) is 19.4. The molecule has 0 spiro atoms. The summed E-state index contributed by atoms with van der Waals surface area (Å²) < 4.78 is 9.22. The highest BCUT2D eigenvalue weighted by Gasteiger charge is 2.44. The Morgan fingerprint density at radius 1 is 1.00 bits per heavy atom. The first-order chi connectivity index (χ1) is 16.7. The fraction of sp³-hybridized carbons (Fsp3) is 0.296. The highest BCUT2D eigenvalue weighted by atomic mass is 16.5. The Labute approximate surface area is 198 Å². The summed E-state index contributed by atoms with van der Waals surface area (Å²) in [7, 11) is 3.61. The summed E-state index contributed by atoms with van der Waals surface area (Å²) in [5, 5.41) is 9.59. The van der Waals surface area contributed by atoms with Crippen LogP contribution in [0.4, 0.5) is 0 Å². The number of fused-ring (bicyclic) bond motifs is 4. The smallest absolute Gasteiger partial charge is 0.275 e. The molecule has 2 atom stereocenters. The van der Waals surface area contributed by atoms with Crippen LogP contribution in [0, 0.1) is 0 Å². The third-order valence-electron chi connectivity index (χ3n) is 7.06. The van der Waals surface area contributed by atoms with Gasteiger partial charge >= 0.3 is 0 Å². The molecule has 0 N–H and O–H groups in total. The fourth-order valence-corrected chi connectivity index (χ4v) is 5.61. The first-order valence-corrected chi connectivity index (χ1v) is 11.8. The van der Waals surface area contributed by atoms with Crippen LogP contribution in [0.3, 0.4) is 0 Å².